The minimum atomic E-state index is -0.201. The normalized spacial score (nSPS) is 15.7. The van der Waals surface area contributed by atoms with Gasteiger partial charge in [-0.05, 0) is 44.7 Å². The molecule has 1 fully saturated rings. The Balaban J connectivity index is 1.44. The minimum Gasteiger partial charge on any atom is -0.462 e. The Morgan fingerprint density at radius 2 is 2.12 bits per heavy atom. The van der Waals surface area contributed by atoms with Gasteiger partial charge in [0, 0.05) is 10.9 Å². The fraction of sp³-hybridized carbons (Fsp3) is 0.444. The molecule has 1 N–H and O–H groups in total. The molecule has 0 bridgehead atoms. The van der Waals surface area contributed by atoms with Gasteiger partial charge in [-0.25, -0.2) is 4.98 Å². The molecule has 1 aliphatic carbocycles. The van der Waals surface area contributed by atoms with Gasteiger partial charge < -0.3 is 9.72 Å². The number of benzene rings is 1. The number of aryl methyl sites for hydroxylation is 1. The van der Waals surface area contributed by atoms with Crippen LogP contribution < -0.4 is 0 Å². The monoisotopic (exact) mass is 356 g/mol. The lowest BCUT2D eigenvalue weighted by atomic mass is 9.98. The maximum atomic E-state index is 12.0. The van der Waals surface area contributed by atoms with Crippen molar-refractivity contribution in [3.05, 3.63) is 23.8 Å². The molecule has 2 heterocycles. The van der Waals surface area contributed by atoms with Gasteiger partial charge in [-0.1, -0.05) is 29.8 Å². The van der Waals surface area contributed by atoms with Gasteiger partial charge in [0.15, 0.2) is 5.65 Å². The number of nitrogens with zero attached hydrogens (tertiary/aromatic N) is 3. The number of hydrogen-bond acceptors (Lipinski definition) is 6. The van der Waals surface area contributed by atoms with E-state index in [0.717, 1.165) is 42.1 Å². The molecule has 0 aliphatic heterocycles. The largest absolute Gasteiger partial charge is 0.462 e. The summed E-state index contributed by atoms with van der Waals surface area (Å²) in [6.45, 7) is 2.04. The van der Waals surface area contributed by atoms with Crippen molar-refractivity contribution in [2.75, 3.05) is 5.75 Å². The molecule has 1 aliphatic rings. The number of rotatable bonds is 4. The van der Waals surface area contributed by atoms with E-state index in [1.54, 1.807) is 0 Å². The number of thioether (sulfide) groups is 1. The van der Waals surface area contributed by atoms with E-state index in [4.69, 9.17) is 4.74 Å². The second kappa shape index (κ2) is 7.00. The van der Waals surface area contributed by atoms with Crippen molar-refractivity contribution in [1.29, 1.82) is 0 Å². The molecule has 3 aromatic rings. The molecule has 0 atom stereocenters. The number of esters is 1. The van der Waals surface area contributed by atoms with E-state index >= 15 is 0 Å². The predicted octanol–water partition coefficient (Wildman–Crippen LogP) is 3.78. The number of nitrogens with one attached hydrogen (secondary N) is 1. The molecule has 0 saturated heterocycles. The smallest absolute Gasteiger partial charge is 0.316 e. The van der Waals surface area contributed by atoms with Crippen molar-refractivity contribution in [3.63, 3.8) is 0 Å². The lowest BCUT2D eigenvalue weighted by molar-refractivity contribution is -0.147. The van der Waals surface area contributed by atoms with Gasteiger partial charge in [0.25, 0.3) is 0 Å². The average molecular weight is 356 g/mol. The fourth-order valence-electron chi connectivity index (χ4n) is 3.26. The van der Waals surface area contributed by atoms with Crippen LogP contribution in [0.1, 0.15) is 37.7 Å². The Morgan fingerprint density at radius 3 is 2.96 bits per heavy atom. The van der Waals surface area contributed by atoms with Gasteiger partial charge in [0.2, 0.25) is 5.16 Å². The number of carbonyl (C=O) groups excluding carboxylic acids is 1. The first-order chi connectivity index (χ1) is 12.2. The molecule has 130 valence electrons. The summed E-state index contributed by atoms with van der Waals surface area (Å²) in [6.07, 6.45) is 5.58. The lowest BCUT2D eigenvalue weighted by Crippen LogP contribution is -2.22. The predicted molar refractivity (Wildman–Crippen MR) is 97.6 cm³/mol. The Hall–Kier alpha value is -2.15. The molecule has 2 aromatic heterocycles. The van der Waals surface area contributed by atoms with Crippen molar-refractivity contribution in [3.8, 4) is 0 Å². The van der Waals surface area contributed by atoms with E-state index in [1.807, 2.05) is 19.1 Å². The zero-order valence-corrected chi connectivity index (χ0v) is 14.9. The molecule has 6 nitrogen and oxygen atoms in total. The second-order valence-electron chi connectivity index (χ2n) is 6.50. The number of aromatic amines is 1. The summed E-state index contributed by atoms with van der Waals surface area (Å²) < 4.78 is 5.52. The highest BCUT2D eigenvalue weighted by atomic mass is 32.2. The van der Waals surface area contributed by atoms with Crippen LogP contribution in [0.2, 0.25) is 0 Å². The fourth-order valence-corrected chi connectivity index (χ4v) is 3.83. The van der Waals surface area contributed by atoms with E-state index in [0.29, 0.717) is 10.8 Å². The maximum Gasteiger partial charge on any atom is 0.316 e. The van der Waals surface area contributed by atoms with Crippen LogP contribution in [0.4, 0.5) is 0 Å². The molecular formula is C18H20N4O2S. The Morgan fingerprint density at radius 1 is 1.28 bits per heavy atom. The molecule has 0 amide bonds. The maximum absolute atomic E-state index is 12.0. The molecule has 1 aromatic carbocycles. The number of aromatic nitrogens is 4. The Kier molecular flexibility index (Phi) is 4.57. The van der Waals surface area contributed by atoms with Crippen LogP contribution in [0.25, 0.3) is 22.1 Å². The van der Waals surface area contributed by atoms with Crippen LogP contribution in [-0.2, 0) is 9.53 Å². The third-order valence-corrected chi connectivity index (χ3v) is 5.33. The molecule has 25 heavy (non-hydrogen) atoms. The highest BCUT2D eigenvalue weighted by Gasteiger charge is 2.18. The number of H-pyrrole nitrogens is 1. The zero-order chi connectivity index (χ0) is 17.2. The van der Waals surface area contributed by atoms with Gasteiger partial charge >= 0.3 is 5.97 Å². The summed E-state index contributed by atoms with van der Waals surface area (Å²) >= 11 is 1.27. The Labute approximate surface area is 149 Å². The first kappa shape index (κ1) is 16.3. The van der Waals surface area contributed by atoms with Gasteiger partial charge in [0.05, 0.1) is 5.75 Å². The quantitative estimate of drug-likeness (QED) is 0.566. The van der Waals surface area contributed by atoms with Crippen LogP contribution in [0.5, 0.6) is 0 Å². The lowest BCUT2D eigenvalue weighted by Gasteiger charge is -2.21. The summed E-state index contributed by atoms with van der Waals surface area (Å²) in [5, 5.41) is 9.94. The van der Waals surface area contributed by atoms with E-state index < -0.39 is 0 Å². The average Bonchev–Trinajstić information content (AvgIpc) is 2.98. The first-order valence-electron chi connectivity index (χ1n) is 8.64. The SMILES string of the molecule is Cc1ccc2[nH]c3nc(SCC(=O)OC4CCCCC4)nnc3c2c1. The van der Waals surface area contributed by atoms with Gasteiger partial charge in [-0.3, -0.25) is 4.79 Å². The number of carbonyl (C=O) groups is 1. The van der Waals surface area contributed by atoms with Crippen molar-refractivity contribution in [1.82, 2.24) is 20.2 Å². The van der Waals surface area contributed by atoms with Crippen LogP contribution in [0.15, 0.2) is 23.4 Å². The van der Waals surface area contributed by atoms with E-state index in [2.05, 4.69) is 26.2 Å². The number of ether oxygens (including phenoxy) is 1. The van der Waals surface area contributed by atoms with Crippen LogP contribution >= 0.6 is 11.8 Å². The molecule has 0 radical (unpaired) electrons. The van der Waals surface area contributed by atoms with Crippen molar-refractivity contribution in [2.24, 2.45) is 0 Å². The Bertz CT molecular complexity index is 918. The standard InChI is InChI=1S/C18H20N4O2S/c1-11-7-8-14-13(9-11)16-17(19-14)20-18(22-21-16)25-10-15(23)24-12-5-3-2-4-6-12/h7-9,12H,2-6,10H2,1H3,(H,19,20,22). The van der Waals surface area contributed by atoms with E-state index in [1.165, 1.54) is 23.7 Å². The molecular weight excluding hydrogens is 336 g/mol. The number of fused-ring (bicyclic) bond motifs is 3. The summed E-state index contributed by atoms with van der Waals surface area (Å²) in [4.78, 5) is 19.7. The van der Waals surface area contributed by atoms with E-state index in [-0.39, 0.29) is 17.8 Å². The zero-order valence-electron chi connectivity index (χ0n) is 14.1. The van der Waals surface area contributed by atoms with Crippen molar-refractivity contribution >= 4 is 39.8 Å². The summed E-state index contributed by atoms with van der Waals surface area (Å²) in [7, 11) is 0. The molecule has 7 heteroatoms. The topological polar surface area (TPSA) is 80.8 Å². The highest BCUT2D eigenvalue weighted by Crippen LogP contribution is 2.25. The third kappa shape index (κ3) is 3.61. The minimum absolute atomic E-state index is 0.0836. The molecule has 1 saturated carbocycles. The third-order valence-electron chi connectivity index (χ3n) is 4.52. The van der Waals surface area contributed by atoms with Crippen LogP contribution in [0.3, 0.4) is 0 Å². The first-order valence-corrected chi connectivity index (χ1v) is 9.62. The molecule has 4 rings (SSSR count). The van der Waals surface area contributed by atoms with Crippen LogP contribution in [-0.4, -0.2) is 38.0 Å². The van der Waals surface area contributed by atoms with Gasteiger partial charge in [0.1, 0.15) is 11.6 Å². The summed E-state index contributed by atoms with van der Waals surface area (Å²) in [5.41, 5.74) is 3.60. The van der Waals surface area contributed by atoms with Crippen molar-refractivity contribution in [2.45, 2.75) is 50.3 Å². The van der Waals surface area contributed by atoms with E-state index in [9.17, 15) is 4.79 Å². The second-order valence-corrected chi connectivity index (χ2v) is 7.45. The van der Waals surface area contributed by atoms with Crippen molar-refractivity contribution < 1.29 is 9.53 Å². The summed E-state index contributed by atoms with van der Waals surface area (Å²) in [5.74, 6) is 0.0103. The van der Waals surface area contributed by atoms with Gasteiger partial charge in [-0.2, -0.15) is 0 Å². The molecule has 0 spiro atoms. The summed E-state index contributed by atoms with van der Waals surface area (Å²) in [6, 6.07) is 6.13. The van der Waals surface area contributed by atoms with Crippen LogP contribution in [0, 0.1) is 6.92 Å². The number of hydrogen-bond donors (Lipinski definition) is 1. The molecule has 0 unspecified atom stereocenters. The van der Waals surface area contributed by atoms with Gasteiger partial charge in [-0.15, -0.1) is 10.2 Å². The highest BCUT2D eigenvalue weighted by molar-refractivity contribution is 7.99.